The molecule has 0 spiro atoms. The van der Waals surface area contributed by atoms with E-state index in [2.05, 4.69) is 22.5 Å². The quantitative estimate of drug-likeness (QED) is 0.485. The van der Waals surface area contributed by atoms with Crippen LogP contribution in [0, 0.1) is 6.92 Å². The van der Waals surface area contributed by atoms with Crippen LogP contribution < -0.4 is 10.5 Å². The first kappa shape index (κ1) is 13.1. The van der Waals surface area contributed by atoms with Crippen molar-refractivity contribution in [3.63, 3.8) is 0 Å². The van der Waals surface area contributed by atoms with Crippen molar-refractivity contribution in [2.24, 2.45) is 0 Å². The molecule has 0 heterocycles. The largest absolute Gasteiger partial charge is 0.492 e. The van der Waals surface area contributed by atoms with Gasteiger partial charge in [0.1, 0.15) is 5.75 Å². The van der Waals surface area contributed by atoms with Gasteiger partial charge in [-0.3, -0.25) is 0 Å². The lowest BCUT2D eigenvalue weighted by Gasteiger charge is -2.10. The van der Waals surface area contributed by atoms with Gasteiger partial charge in [-0.25, -0.2) is 0 Å². The predicted octanol–water partition coefficient (Wildman–Crippen LogP) is 4.07. The highest BCUT2D eigenvalue weighted by molar-refractivity contribution is 9.10. The van der Waals surface area contributed by atoms with Crippen LogP contribution in [0.1, 0.15) is 24.8 Å². The number of anilines is 1. The molecule has 1 aromatic carbocycles. The average molecular weight is 284 g/mol. The fourth-order valence-corrected chi connectivity index (χ4v) is 1.92. The SMILES string of the molecule is C=CCCCCOc1cc(N)c(C)cc1Br. The molecule has 0 aliphatic heterocycles. The summed E-state index contributed by atoms with van der Waals surface area (Å²) in [6.07, 6.45) is 5.12. The molecule has 0 aliphatic carbocycles. The standard InChI is InChI=1S/C13H18BrNO/c1-3-4-5-6-7-16-13-9-12(15)10(2)8-11(13)14/h3,8-9H,1,4-7,15H2,2H3. The fraction of sp³-hybridized carbons (Fsp3) is 0.385. The Kier molecular flexibility index (Phi) is 5.39. The van der Waals surface area contributed by atoms with E-state index < -0.39 is 0 Å². The number of nitrogen functional groups attached to an aromatic ring is 1. The van der Waals surface area contributed by atoms with Crippen LogP contribution in [0.2, 0.25) is 0 Å². The number of halogens is 1. The molecule has 1 rings (SSSR count). The topological polar surface area (TPSA) is 35.2 Å². The fourth-order valence-electron chi connectivity index (χ4n) is 1.35. The van der Waals surface area contributed by atoms with Gasteiger partial charge in [0.05, 0.1) is 11.1 Å². The summed E-state index contributed by atoms with van der Waals surface area (Å²) in [5.74, 6) is 0.821. The highest BCUT2D eigenvalue weighted by atomic mass is 79.9. The second-order valence-electron chi connectivity index (χ2n) is 3.77. The number of hydrogen-bond donors (Lipinski definition) is 1. The molecule has 0 radical (unpaired) electrons. The molecule has 0 aliphatic rings. The van der Waals surface area contributed by atoms with E-state index in [0.717, 1.165) is 47.3 Å². The number of hydrogen-bond acceptors (Lipinski definition) is 2. The highest BCUT2D eigenvalue weighted by Gasteiger charge is 2.04. The Balaban J connectivity index is 2.47. The molecule has 2 nitrogen and oxygen atoms in total. The maximum atomic E-state index is 5.83. The van der Waals surface area contributed by atoms with Crippen molar-refractivity contribution >= 4 is 21.6 Å². The van der Waals surface area contributed by atoms with Gasteiger partial charge in [0.2, 0.25) is 0 Å². The molecule has 1 aromatic rings. The van der Waals surface area contributed by atoms with Gasteiger partial charge in [-0.05, 0) is 53.7 Å². The molecule has 0 saturated heterocycles. The Hall–Kier alpha value is -0.960. The van der Waals surface area contributed by atoms with E-state index in [1.54, 1.807) is 0 Å². The number of unbranched alkanes of at least 4 members (excludes halogenated alkanes) is 2. The van der Waals surface area contributed by atoms with E-state index in [9.17, 15) is 0 Å². The van der Waals surface area contributed by atoms with Crippen molar-refractivity contribution in [1.29, 1.82) is 0 Å². The molecule has 0 amide bonds. The summed E-state index contributed by atoms with van der Waals surface area (Å²) in [6.45, 7) is 6.38. The minimum atomic E-state index is 0.717. The van der Waals surface area contributed by atoms with Gasteiger partial charge in [-0.1, -0.05) is 6.08 Å². The smallest absolute Gasteiger partial charge is 0.135 e. The van der Waals surface area contributed by atoms with Crippen LogP contribution in [-0.2, 0) is 0 Å². The molecule has 88 valence electrons. The summed E-state index contributed by atoms with van der Waals surface area (Å²) in [7, 11) is 0. The molecule has 0 aromatic heterocycles. The van der Waals surface area contributed by atoms with Crippen LogP contribution >= 0.6 is 15.9 Å². The number of allylic oxidation sites excluding steroid dienone is 1. The van der Waals surface area contributed by atoms with Crippen molar-refractivity contribution in [3.8, 4) is 5.75 Å². The molecule has 0 unspecified atom stereocenters. The Bertz CT molecular complexity index is 363. The molecule has 0 atom stereocenters. The molecule has 2 N–H and O–H groups in total. The number of benzene rings is 1. The van der Waals surface area contributed by atoms with Crippen molar-refractivity contribution in [2.45, 2.75) is 26.2 Å². The Morgan fingerprint density at radius 1 is 1.44 bits per heavy atom. The number of ether oxygens (including phenoxy) is 1. The lowest BCUT2D eigenvalue weighted by molar-refractivity contribution is 0.305. The molecule has 16 heavy (non-hydrogen) atoms. The van der Waals surface area contributed by atoms with Gasteiger partial charge in [-0.2, -0.15) is 0 Å². The van der Waals surface area contributed by atoms with Gasteiger partial charge in [-0.15, -0.1) is 6.58 Å². The average Bonchev–Trinajstić information content (AvgIpc) is 2.25. The zero-order chi connectivity index (χ0) is 12.0. The molecule has 3 heteroatoms. The second kappa shape index (κ2) is 6.59. The van der Waals surface area contributed by atoms with Crippen molar-refractivity contribution in [1.82, 2.24) is 0 Å². The van der Waals surface area contributed by atoms with Crippen LogP contribution in [0.3, 0.4) is 0 Å². The van der Waals surface area contributed by atoms with E-state index in [-0.39, 0.29) is 0 Å². The van der Waals surface area contributed by atoms with Crippen LogP contribution in [0.4, 0.5) is 5.69 Å². The van der Waals surface area contributed by atoms with E-state index >= 15 is 0 Å². The zero-order valence-corrected chi connectivity index (χ0v) is 11.2. The van der Waals surface area contributed by atoms with Crippen LogP contribution in [0.5, 0.6) is 5.75 Å². The van der Waals surface area contributed by atoms with Gasteiger partial charge in [0, 0.05) is 11.8 Å². The van der Waals surface area contributed by atoms with Crippen molar-refractivity contribution in [3.05, 3.63) is 34.8 Å². The summed E-state index contributed by atoms with van der Waals surface area (Å²) in [5.41, 5.74) is 7.66. The Morgan fingerprint density at radius 3 is 2.88 bits per heavy atom. The first-order chi connectivity index (χ1) is 7.65. The van der Waals surface area contributed by atoms with Crippen LogP contribution in [0.25, 0.3) is 0 Å². The van der Waals surface area contributed by atoms with Crippen molar-refractivity contribution in [2.75, 3.05) is 12.3 Å². The molecule has 0 bridgehead atoms. The predicted molar refractivity (Wildman–Crippen MR) is 72.8 cm³/mol. The third-order valence-corrected chi connectivity index (χ3v) is 3.00. The first-order valence-electron chi connectivity index (χ1n) is 5.44. The number of rotatable bonds is 6. The summed E-state index contributed by atoms with van der Waals surface area (Å²) in [5, 5.41) is 0. The Morgan fingerprint density at radius 2 is 2.19 bits per heavy atom. The zero-order valence-electron chi connectivity index (χ0n) is 9.63. The highest BCUT2D eigenvalue weighted by Crippen LogP contribution is 2.29. The number of nitrogens with two attached hydrogens (primary N) is 1. The van der Waals surface area contributed by atoms with Gasteiger partial charge in [0.25, 0.3) is 0 Å². The Labute approximate surface area is 106 Å². The van der Waals surface area contributed by atoms with Gasteiger partial charge >= 0.3 is 0 Å². The molecular formula is C13H18BrNO. The summed E-state index contributed by atoms with van der Waals surface area (Å²) in [6, 6.07) is 3.85. The monoisotopic (exact) mass is 283 g/mol. The normalized spacial score (nSPS) is 10.1. The third kappa shape index (κ3) is 3.89. The van der Waals surface area contributed by atoms with Gasteiger partial charge in [0.15, 0.2) is 0 Å². The van der Waals surface area contributed by atoms with E-state index in [1.165, 1.54) is 0 Å². The lowest BCUT2D eigenvalue weighted by atomic mass is 10.2. The first-order valence-corrected chi connectivity index (χ1v) is 6.23. The van der Waals surface area contributed by atoms with Crippen LogP contribution in [-0.4, -0.2) is 6.61 Å². The summed E-state index contributed by atoms with van der Waals surface area (Å²) >= 11 is 3.47. The molecular weight excluding hydrogens is 266 g/mol. The minimum Gasteiger partial charge on any atom is -0.492 e. The van der Waals surface area contributed by atoms with E-state index in [4.69, 9.17) is 10.5 Å². The van der Waals surface area contributed by atoms with E-state index in [1.807, 2.05) is 25.1 Å². The molecule has 0 fully saturated rings. The maximum absolute atomic E-state index is 5.83. The van der Waals surface area contributed by atoms with E-state index in [0.29, 0.717) is 0 Å². The second-order valence-corrected chi connectivity index (χ2v) is 4.63. The van der Waals surface area contributed by atoms with Gasteiger partial charge < -0.3 is 10.5 Å². The lowest BCUT2D eigenvalue weighted by Crippen LogP contribution is -1.99. The summed E-state index contributed by atoms with van der Waals surface area (Å²) in [4.78, 5) is 0. The minimum absolute atomic E-state index is 0.717. The summed E-state index contributed by atoms with van der Waals surface area (Å²) < 4.78 is 6.62. The molecule has 0 saturated carbocycles. The number of aryl methyl sites for hydroxylation is 1. The van der Waals surface area contributed by atoms with Crippen molar-refractivity contribution < 1.29 is 4.74 Å². The maximum Gasteiger partial charge on any atom is 0.135 e. The third-order valence-electron chi connectivity index (χ3n) is 2.38. The van der Waals surface area contributed by atoms with Crippen LogP contribution in [0.15, 0.2) is 29.3 Å².